The summed E-state index contributed by atoms with van der Waals surface area (Å²) in [6.45, 7) is 17.7. The van der Waals surface area contributed by atoms with Crippen molar-refractivity contribution in [3.8, 4) is 6.19 Å². The summed E-state index contributed by atoms with van der Waals surface area (Å²) < 4.78 is 137. The van der Waals surface area contributed by atoms with Gasteiger partial charge in [-0.3, -0.25) is 61.7 Å². The highest BCUT2D eigenvalue weighted by Crippen LogP contribution is 2.66. The molecule has 0 bridgehead atoms. The molecule has 0 spiro atoms. The number of nitrogens with zero attached hydrogens (tertiary/aromatic N) is 1. The summed E-state index contributed by atoms with van der Waals surface area (Å²) in [7, 11) is -20.6. The molecule has 0 aromatic heterocycles. The molecule has 23 nitrogen and oxygen atoms in total. The van der Waals surface area contributed by atoms with Crippen molar-refractivity contribution < 1.29 is 80.8 Å². The van der Waals surface area contributed by atoms with E-state index >= 15 is 0 Å². The van der Waals surface area contributed by atoms with Gasteiger partial charge in [0.05, 0.1) is 6.26 Å². The number of hydrogen-bond acceptors (Lipinski definition) is 19. The minimum atomic E-state index is -3.60. The monoisotopic (exact) mass is 939 g/mol. The molecule has 0 saturated heterocycles. The Morgan fingerprint density at radius 1 is 0.577 bits per heavy atom. The molecule has 0 aliphatic rings. The van der Waals surface area contributed by atoms with E-state index in [9.17, 15) is 49.7 Å². The van der Waals surface area contributed by atoms with Gasteiger partial charge in [0.2, 0.25) is 30.7 Å². The Morgan fingerprint density at radius 3 is 0.885 bits per heavy atom. The van der Waals surface area contributed by atoms with Gasteiger partial charge in [0.15, 0.2) is 13.6 Å². The summed E-state index contributed by atoms with van der Waals surface area (Å²) in [5.41, 5.74) is 9.78. The Morgan fingerprint density at radius 2 is 0.788 bits per heavy atom. The molecule has 0 saturated carbocycles. The van der Waals surface area contributed by atoms with Crippen molar-refractivity contribution in [2.24, 2.45) is 16.1 Å². The Kier molecular flexibility index (Phi) is 38.2. The molecule has 1 amide bonds. The molecule has 0 aromatic rings. The van der Waals surface area contributed by atoms with Gasteiger partial charge in [-0.25, -0.2) is 17.9 Å². The van der Waals surface area contributed by atoms with E-state index in [1.54, 1.807) is 13.3 Å². The zero-order valence-electron chi connectivity index (χ0n) is 33.0. The van der Waals surface area contributed by atoms with Gasteiger partial charge in [-0.05, 0) is 0 Å². The first kappa shape index (κ1) is 67.1. The predicted octanol–water partition coefficient (Wildman–Crippen LogP) is 5.44. The van der Waals surface area contributed by atoms with Crippen molar-refractivity contribution in [2.75, 3.05) is 115 Å². The third-order valence-electron chi connectivity index (χ3n) is 2.68. The lowest BCUT2D eigenvalue weighted by Crippen LogP contribution is -2.11. The third-order valence-corrected chi connectivity index (χ3v) is 13.5. The van der Waals surface area contributed by atoms with Crippen LogP contribution in [-0.2, 0) is 82.4 Å². The predicted molar refractivity (Wildman–Crippen MR) is 210 cm³/mol. The molecule has 4 unspecified atom stereocenters. The Bertz CT molecular complexity index is 1520. The van der Waals surface area contributed by atoms with Crippen LogP contribution in [-0.4, -0.2) is 129 Å². The quantitative estimate of drug-likeness (QED) is 0.120. The molecule has 0 rings (SSSR count). The van der Waals surface area contributed by atoms with Crippen molar-refractivity contribution in [3.05, 3.63) is 0 Å². The normalized spacial score (nSPS) is 15.8. The zero-order valence-corrected chi connectivity index (χ0v) is 41.0. The second kappa shape index (κ2) is 29.6. The minimum absolute atomic E-state index is 0.322. The van der Waals surface area contributed by atoms with Gasteiger partial charge in [0, 0.05) is 115 Å². The van der Waals surface area contributed by atoms with E-state index in [4.69, 9.17) is 20.6 Å². The van der Waals surface area contributed by atoms with E-state index in [0.29, 0.717) is 0 Å². The molecule has 4 atom stereocenters. The van der Waals surface area contributed by atoms with Crippen LogP contribution in [0.5, 0.6) is 0 Å². The Balaban J connectivity index is -0.0000000947. The van der Waals surface area contributed by atoms with Crippen LogP contribution in [0.3, 0.4) is 0 Å². The highest BCUT2D eigenvalue weighted by atomic mass is 32.2. The van der Waals surface area contributed by atoms with Crippen LogP contribution in [0.1, 0.15) is 6.92 Å². The van der Waals surface area contributed by atoms with Crippen molar-refractivity contribution >= 4 is 75.6 Å². The topological polar surface area (TPSA) is 366 Å². The summed E-state index contributed by atoms with van der Waals surface area (Å²) in [5.74, 6) is -0.322. The number of carbonyl (C=O) groups excluding carboxylic acids is 1. The fourth-order valence-electron chi connectivity index (χ4n) is 1.14. The summed E-state index contributed by atoms with van der Waals surface area (Å²) in [6.07, 6.45) is 2.41. The van der Waals surface area contributed by atoms with E-state index in [0.717, 1.165) is 26.7 Å². The van der Waals surface area contributed by atoms with Crippen LogP contribution in [0.4, 0.5) is 0 Å². The standard InChI is InChI=1S/C5H15O6P3.C4H12O4P2.C3H4N2O.C3H9O2P.C2H8NO2P.C2H8NOP.CH5NO2S/c1-9-13(4,7)11-14(5,8)10-12(2,3)6;1-7-10(4,6)8-9(2,3)5;1-3(6)5-2-4;2*1-5-6(2,3)4;2*1-5(2,3)4/h1-5H3;1-4H3;1H3,(H,5,6);1-3H3;1-2H3,(H2,3,4);1-2H3,(H2,3,4);1H3,(H2,2,3,4). The number of sulfonamides is 1. The number of nitrogens with one attached hydrogen (secondary N) is 1. The second-order valence-corrected chi connectivity index (χ2v) is 32.9. The maximum atomic E-state index is 11.5. The molecule has 7 N–H and O–H groups in total. The smallest absolute Gasteiger partial charge is 0.332 e. The summed E-state index contributed by atoms with van der Waals surface area (Å²) >= 11 is 0. The Hall–Kier alpha value is 0.350. The van der Waals surface area contributed by atoms with Crippen molar-refractivity contribution in [1.82, 2.24) is 5.32 Å². The molecule has 0 aliphatic carbocycles. The Labute approximate surface area is 310 Å². The maximum absolute atomic E-state index is 11.5. The van der Waals surface area contributed by atoms with E-state index in [1.807, 2.05) is 5.32 Å². The second-order valence-electron chi connectivity index (χ2n) is 11.0. The first-order valence-electron chi connectivity index (χ1n) is 13.2. The van der Waals surface area contributed by atoms with E-state index in [1.165, 1.54) is 87.8 Å². The molecule has 0 fully saturated rings. The molecule has 0 heterocycles. The molecule has 0 aliphatic heterocycles. The van der Waals surface area contributed by atoms with Gasteiger partial charge in [0.25, 0.3) is 7.52 Å². The van der Waals surface area contributed by atoms with Gasteiger partial charge in [0.1, 0.15) is 7.29 Å². The lowest BCUT2D eigenvalue weighted by atomic mass is 10.7. The number of nitrogens with two attached hydrogens (primary N) is 3. The largest absolute Gasteiger partial charge is 0.340 e. The highest BCUT2D eigenvalue weighted by Gasteiger charge is 2.32. The number of primary sulfonamides is 1. The van der Waals surface area contributed by atoms with Gasteiger partial charge >= 0.3 is 22.8 Å². The fourth-order valence-corrected chi connectivity index (χ4v) is 9.94. The van der Waals surface area contributed by atoms with E-state index < -0.39 is 69.7 Å². The fraction of sp³-hybridized carbons (Fsp3) is 0.900. The number of carbonyl (C=O) groups is 1. The van der Waals surface area contributed by atoms with Crippen LogP contribution in [0, 0.1) is 11.5 Å². The molecule has 0 aromatic carbocycles. The number of rotatable bonds is 10. The SMILES string of the molecule is CC(=O)NC#N.COP(C)(=O)OP(C)(=O)OP(C)(C)=O.COP(C)(=O)OP(C)(C)=O.COP(C)(C)=O.COP(C)(N)=O.CP(C)(N)=O.CS(N)(=O)=O. The average molecular weight is 940 g/mol. The van der Waals surface area contributed by atoms with Gasteiger partial charge in [-0.2, -0.15) is 5.26 Å². The van der Waals surface area contributed by atoms with Crippen LogP contribution in [0.15, 0.2) is 0 Å². The lowest BCUT2D eigenvalue weighted by molar-refractivity contribution is -0.117. The molecule has 320 valence electrons. The zero-order chi connectivity index (χ0) is 44.4. The summed E-state index contributed by atoms with van der Waals surface area (Å²) in [4.78, 5) is 9.71. The molecule has 32 heteroatoms. The number of amides is 1. The van der Waals surface area contributed by atoms with Gasteiger partial charge in [-0.1, -0.05) is 0 Å². The molecular formula is C20H61N5O18P8S. The van der Waals surface area contributed by atoms with Crippen LogP contribution in [0.2, 0.25) is 0 Å². The minimum Gasteiger partial charge on any atom is -0.332 e. The van der Waals surface area contributed by atoms with Gasteiger partial charge < -0.3 is 22.7 Å². The summed E-state index contributed by atoms with van der Waals surface area (Å²) in [5, 5.41) is 13.9. The summed E-state index contributed by atoms with van der Waals surface area (Å²) in [6, 6.07) is 0. The third kappa shape index (κ3) is 110. The van der Waals surface area contributed by atoms with Crippen LogP contribution >= 0.6 is 59.7 Å². The molecule has 0 radical (unpaired) electrons. The first-order chi connectivity index (χ1) is 22.1. The number of nitriles is 1. The average Bonchev–Trinajstić information content (AvgIpc) is 2.79. The number of hydrogen-bond donors (Lipinski definition) is 4. The highest BCUT2D eigenvalue weighted by molar-refractivity contribution is 7.88. The molecule has 52 heavy (non-hydrogen) atoms. The maximum Gasteiger partial charge on any atom is 0.340 e. The van der Waals surface area contributed by atoms with Crippen molar-refractivity contribution in [1.29, 1.82) is 5.26 Å². The first-order valence-corrected chi connectivity index (χ1v) is 33.5. The van der Waals surface area contributed by atoms with Crippen molar-refractivity contribution in [3.63, 3.8) is 0 Å². The van der Waals surface area contributed by atoms with Crippen LogP contribution in [0.25, 0.3) is 0 Å². The lowest BCUT2D eigenvalue weighted by Gasteiger charge is -2.19. The van der Waals surface area contributed by atoms with E-state index in [-0.39, 0.29) is 5.91 Å². The van der Waals surface area contributed by atoms with Crippen molar-refractivity contribution in [2.45, 2.75) is 6.92 Å². The molecular weight excluding hydrogens is 878 g/mol. The van der Waals surface area contributed by atoms with E-state index in [2.05, 4.69) is 31.9 Å². The van der Waals surface area contributed by atoms with Gasteiger partial charge in [-0.15, -0.1) is 0 Å². The van der Waals surface area contributed by atoms with Crippen LogP contribution < -0.4 is 21.5 Å².